The molecule has 1 N–H and O–H groups in total. The van der Waals surface area contributed by atoms with Gasteiger partial charge in [-0.1, -0.05) is 23.8 Å². The first-order valence-corrected chi connectivity index (χ1v) is 5.12. The number of fused-ring (bicyclic) bond motifs is 1. The van der Waals surface area contributed by atoms with Crippen LogP contribution in [-0.4, -0.2) is 11.1 Å². The molecule has 2 rings (SSSR count). The minimum absolute atomic E-state index is 0.563. The molecule has 0 heterocycles. The Kier molecular flexibility index (Phi) is 2.35. The Balaban J connectivity index is 2.59. The molecule has 2 nitrogen and oxygen atoms in total. The van der Waals surface area contributed by atoms with Crippen molar-refractivity contribution >= 4 is 11.5 Å². The molecule has 0 atom stereocenters. The van der Waals surface area contributed by atoms with Gasteiger partial charge in [-0.2, -0.15) is 0 Å². The maximum Gasteiger partial charge on any atom is 0.331 e. The highest BCUT2D eigenvalue weighted by Gasteiger charge is 2.19. The van der Waals surface area contributed by atoms with E-state index in [1.807, 2.05) is 13.8 Å². The molecule has 0 bridgehead atoms. The zero-order chi connectivity index (χ0) is 11.0. The molecule has 0 unspecified atom stereocenters. The van der Waals surface area contributed by atoms with Crippen molar-refractivity contribution in [2.75, 3.05) is 0 Å². The first-order valence-electron chi connectivity index (χ1n) is 5.12. The van der Waals surface area contributed by atoms with E-state index in [2.05, 4.69) is 18.2 Å². The van der Waals surface area contributed by atoms with Crippen molar-refractivity contribution in [3.05, 3.63) is 40.5 Å². The minimum atomic E-state index is -0.778. The third-order valence-corrected chi connectivity index (χ3v) is 3.02. The van der Waals surface area contributed by atoms with E-state index in [0.29, 0.717) is 12.0 Å². The summed E-state index contributed by atoms with van der Waals surface area (Å²) in [6, 6.07) is 6.26. The number of hydrogen-bond acceptors (Lipinski definition) is 1. The maximum atomic E-state index is 11.0. The molecule has 0 fully saturated rings. The number of hydrogen-bond donors (Lipinski definition) is 1. The van der Waals surface area contributed by atoms with Gasteiger partial charge in [-0.15, -0.1) is 0 Å². The second-order valence-electron chi connectivity index (χ2n) is 4.07. The van der Waals surface area contributed by atoms with E-state index in [1.54, 1.807) is 0 Å². The van der Waals surface area contributed by atoms with Gasteiger partial charge in [0.25, 0.3) is 0 Å². The third-order valence-electron chi connectivity index (χ3n) is 3.02. The molecular weight excluding hydrogens is 188 g/mol. The number of rotatable bonds is 1. The van der Waals surface area contributed by atoms with Gasteiger partial charge in [0.05, 0.1) is 0 Å². The zero-order valence-corrected chi connectivity index (χ0v) is 9.00. The van der Waals surface area contributed by atoms with Gasteiger partial charge in [0.1, 0.15) is 0 Å². The Hall–Kier alpha value is -1.57. The summed E-state index contributed by atoms with van der Waals surface area (Å²) in [6.07, 6.45) is 1.49. The van der Waals surface area contributed by atoms with Crippen LogP contribution < -0.4 is 0 Å². The van der Waals surface area contributed by atoms with Gasteiger partial charge in [0.2, 0.25) is 0 Å². The Bertz CT molecular complexity index is 456. The van der Waals surface area contributed by atoms with E-state index >= 15 is 0 Å². The van der Waals surface area contributed by atoms with Gasteiger partial charge in [0.15, 0.2) is 0 Å². The van der Waals surface area contributed by atoms with Crippen molar-refractivity contribution in [1.29, 1.82) is 0 Å². The number of aliphatic carboxylic acids is 1. The van der Waals surface area contributed by atoms with Crippen LogP contribution in [0.5, 0.6) is 0 Å². The minimum Gasteiger partial charge on any atom is -0.478 e. The SMILES string of the molecule is CC1=C(C(=O)O)CCc2ccc(C)cc21. The van der Waals surface area contributed by atoms with Crippen LogP contribution in [0.4, 0.5) is 0 Å². The number of carbonyl (C=O) groups is 1. The fourth-order valence-electron chi connectivity index (χ4n) is 2.13. The van der Waals surface area contributed by atoms with E-state index in [-0.39, 0.29) is 0 Å². The lowest BCUT2D eigenvalue weighted by molar-refractivity contribution is -0.132. The summed E-state index contributed by atoms with van der Waals surface area (Å²) in [5.74, 6) is -0.778. The van der Waals surface area contributed by atoms with Crippen LogP contribution in [0.2, 0.25) is 0 Å². The summed E-state index contributed by atoms with van der Waals surface area (Å²) in [6.45, 7) is 3.93. The van der Waals surface area contributed by atoms with E-state index in [9.17, 15) is 4.79 Å². The first-order chi connectivity index (χ1) is 7.09. The highest BCUT2D eigenvalue weighted by atomic mass is 16.4. The van der Waals surface area contributed by atoms with E-state index < -0.39 is 5.97 Å². The fraction of sp³-hybridized carbons (Fsp3) is 0.308. The number of carboxylic acids is 1. The quantitative estimate of drug-likeness (QED) is 0.760. The summed E-state index contributed by atoms with van der Waals surface area (Å²) in [4.78, 5) is 11.0. The van der Waals surface area contributed by atoms with Crippen molar-refractivity contribution in [1.82, 2.24) is 0 Å². The highest BCUT2D eigenvalue weighted by Crippen LogP contribution is 2.31. The lowest BCUT2D eigenvalue weighted by Gasteiger charge is -2.19. The van der Waals surface area contributed by atoms with E-state index in [1.165, 1.54) is 11.1 Å². The summed E-state index contributed by atoms with van der Waals surface area (Å²) < 4.78 is 0. The van der Waals surface area contributed by atoms with E-state index in [0.717, 1.165) is 17.6 Å². The van der Waals surface area contributed by atoms with Crippen molar-refractivity contribution in [2.45, 2.75) is 26.7 Å². The van der Waals surface area contributed by atoms with Gasteiger partial charge >= 0.3 is 5.97 Å². The summed E-state index contributed by atoms with van der Waals surface area (Å²) in [5, 5.41) is 9.05. The molecule has 0 aromatic heterocycles. The van der Waals surface area contributed by atoms with Crippen LogP contribution in [-0.2, 0) is 11.2 Å². The average Bonchev–Trinajstić information content (AvgIpc) is 2.19. The summed E-state index contributed by atoms with van der Waals surface area (Å²) in [7, 11) is 0. The molecule has 0 saturated heterocycles. The molecule has 15 heavy (non-hydrogen) atoms. The third kappa shape index (κ3) is 1.67. The van der Waals surface area contributed by atoms with Crippen LogP contribution in [0, 0.1) is 6.92 Å². The van der Waals surface area contributed by atoms with E-state index in [4.69, 9.17) is 5.11 Å². The van der Waals surface area contributed by atoms with Gasteiger partial charge in [0, 0.05) is 5.57 Å². The summed E-state index contributed by atoms with van der Waals surface area (Å²) >= 11 is 0. The molecule has 1 aliphatic rings. The van der Waals surface area contributed by atoms with Crippen LogP contribution >= 0.6 is 0 Å². The van der Waals surface area contributed by atoms with Gasteiger partial charge in [-0.05, 0) is 43.4 Å². The van der Waals surface area contributed by atoms with Crippen LogP contribution in [0.15, 0.2) is 23.8 Å². The summed E-state index contributed by atoms with van der Waals surface area (Å²) in [5.41, 5.74) is 5.04. The molecule has 0 spiro atoms. The predicted octanol–water partition coefficient (Wildman–Crippen LogP) is 2.80. The predicted molar refractivity (Wildman–Crippen MR) is 59.7 cm³/mol. The standard InChI is InChI=1S/C13H14O2/c1-8-3-4-10-5-6-11(13(14)15)9(2)12(10)7-8/h3-4,7H,5-6H2,1-2H3,(H,14,15). The maximum absolute atomic E-state index is 11.0. The molecule has 1 aliphatic carbocycles. The molecule has 2 heteroatoms. The van der Waals surface area contributed by atoms with Gasteiger partial charge in [-0.25, -0.2) is 4.79 Å². The Morgan fingerprint density at radius 2 is 2.00 bits per heavy atom. The average molecular weight is 202 g/mol. The Morgan fingerprint density at radius 3 is 2.67 bits per heavy atom. The van der Waals surface area contributed by atoms with Gasteiger partial charge < -0.3 is 5.11 Å². The number of carboxylic acid groups (broad SMARTS) is 1. The molecular formula is C13H14O2. The number of allylic oxidation sites excluding steroid dienone is 1. The molecule has 0 radical (unpaired) electrons. The van der Waals surface area contributed by atoms with Gasteiger partial charge in [-0.3, -0.25) is 0 Å². The molecule has 1 aromatic carbocycles. The fourth-order valence-corrected chi connectivity index (χ4v) is 2.13. The number of aryl methyl sites for hydroxylation is 2. The topological polar surface area (TPSA) is 37.3 Å². The van der Waals surface area contributed by atoms with Crippen LogP contribution in [0.1, 0.15) is 30.0 Å². The number of benzene rings is 1. The highest BCUT2D eigenvalue weighted by molar-refractivity contribution is 5.97. The van der Waals surface area contributed by atoms with Crippen molar-refractivity contribution in [2.24, 2.45) is 0 Å². The smallest absolute Gasteiger partial charge is 0.331 e. The lowest BCUT2D eigenvalue weighted by atomic mass is 9.85. The van der Waals surface area contributed by atoms with Crippen molar-refractivity contribution in [3.8, 4) is 0 Å². The first kappa shape index (κ1) is 9.97. The molecule has 0 aliphatic heterocycles. The second-order valence-corrected chi connectivity index (χ2v) is 4.07. The zero-order valence-electron chi connectivity index (χ0n) is 9.00. The molecule has 1 aromatic rings. The molecule has 0 saturated carbocycles. The van der Waals surface area contributed by atoms with Crippen LogP contribution in [0.3, 0.4) is 0 Å². The largest absolute Gasteiger partial charge is 0.478 e. The molecule has 0 amide bonds. The van der Waals surface area contributed by atoms with Crippen molar-refractivity contribution in [3.63, 3.8) is 0 Å². The normalized spacial score (nSPS) is 15.1. The molecule has 78 valence electrons. The Labute approximate surface area is 89.2 Å². The van der Waals surface area contributed by atoms with Crippen LogP contribution in [0.25, 0.3) is 5.57 Å². The lowest BCUT2D eigenvalue weighted by Crippen LogP contribution is -2.10. The second kappa shape index (κ2) is 3.54. The Morgan fingerprint density at radius 1 is 1.27 bits per heavy atom. The van der Waals surface area contributed by atoms with Crippen molar-refractivity contribution < 1.29 is 9.90 Å². The monoisotopic (exact) mass is 202 g/mol.